The molecule has 0 amide bonds. The Bertz CT molecular complexity index is 447. The molecule has 1 aromatic heterocycles. The summed E-state index contributed by atoms with van der Waals surface area (Å²) in [4.78, 5) is 1.97. The van der Waals surface area contributed by atoms with Crippen molar-refractivity contribution in [2.45, 2.75) is 18.7 Å². The lowest BCUT2D eigenvalue weighted by Crippen LogP contribution is -2.55. The predicted octanol–water partition coefficient (Wildman–Crippen LogP) is -0.544. The van der Waals surface area contributed by atoms with Crippen LogP contribution in [0, 0.1) is 6.92 Å². The Balaban J connectivity index is 1.89. The number of nitrogens with two attached hydrogens (primary N) is 1. The largest absolute Gasteiger partial charge is 0.364 e. The summed E-state index contributed by atoms with van der Waals surface area (Å²) in [5, 5.41) is 8.42. The van der Waals surface area contributed by atoms with Crippen LogP contribution in [0.25, 0.3) is 0 Å². The zero-order valence-electron chi connectivity index (χ0n) is 8.38. The maximum atomic E-state index is 10.9. The molecule has 7 heteroatoms. The summed E-state index contributed by atoms with van der Waals surface area (Å²) in [6.45, 7) is 3.48. The second kappa shape index (κ2) is 3.58. The van der Waals surface area contributed by atoms with Gasteiger partial charge in [-0.3, -0.25) is 4.90 Å². The van der Waals surface area contributed by atoms with Crippen molar-refractivity contribution in [3.8, 4) is 0 Å². The Labute approximate surface area is 88.1 Å². The maximum Gasteiger partial charge on any atom is 0.214 e. The lowest BCUT2D eigenvalue weighted by Gasteiger charge is -2.36. The van der Waals surface area contributed by atoms with Crippen molar-refractivity contribution in [2.75, 3.05) is 13.1 Å². The zero-order valence-corrected chi connectivity index (χ0v) is 9.20. The number of hydrogen-bond donors (Lipinski definition) is 1. The first kappa shape index (κ1) is 10.6. The first-order chi connectivity index (χ1) is 6.97. The molecule has 1 fully saturated rings. The van der Waals surface area contributed by atoms with Gasteiger partial charge in [-0.2, -0.15) is 0 Å². The Kier molecular flexibility index (Phi) is 2.53. The minimum atomic E-state index is -3.37. The minimum absolute atomic E-state index is 0.426. The van der Waals surface area contributed by atoms with Crippen LogP contribution in [0.5, 0.6) is 0 Å². The Hall–Kier alpha value is -0.920. The van der Waals surface area contributed by atoms with Crippen molar-refractivity contribution in [1.29, 1.82) is 0 Å². The minimum Gasteiger partial charge on any atom is -0.364 e. The smallest absolute Gasteiger partial charge is 0.214 e. The van der Waals surface area contributed by atoms with Gasteiger partial charge in [0.15, 0.2) is 0 Å². The van der Waals surface area contributed by atoms with Crippen molar-refractivity contribution in [3.63, 3.8) is 0 Å². The third-order valence-electron chi connectivity index (χ3n) is 2.61. The summed E-state index contributed by atoms with van der Waals surface area (Å²) in [6.07, 6.45) is 1.58. The van der Waals surface area contributed by atoms with E-state index >= 15 is 0 Å². The monoisotopic (exact) mass is 231 g/mol. The van der Waals surface area contributed by atoms with Crippen LogP contribution in [0.3, 0.4) is 0 Å². The summed E-state index contributed by atoms with van der Waals surface area (Å²) < 4.78 is 26.7. The molecule has 1 aromatic rings. The normalized spacial score (nSPS) is 19.1. The first-order valence-corrected chi connectivity index (χ1v) is 6.21. The fourth-order valence-corrected chi connectivity index (χ4v) is 2.37. The second-order valence-electron chi connectivity index (χ2n) is 3.85. The van der Waals surface area contributed by atoms with Crippen LogP contribution in [0.4, 0.5) is 0 Å². The van der Waals surface area contributed by atoms with E-state index in [-0.39, 0.29) is 0 Å². The molecular weight excluding hydrogens is 218 g/mol. The molecule has 84 valence electrons. The number of sulfonamides is 1. The topological polar surface area (TPSA) is 89.4 Å². The molecule has 1 aliphatic heterocycles. The van der Waals surface area contributed by atoms with Gasteiger partial charge in [0.25, 0.3) is 0 Å². The molecule has 0 atom stereocenters. The molecule has 2 N–H and O–H groups in total. The summed E-state index contributed by atoms with van der Waals surface area (Å²) in [5.41, 5.74) is 1.83. The van der Waals surface area contributed by atoms with Gasteiger partial charge in [-0.25, -0.2) is 13.6 Å². The highest BCUT2D eigenvalue weighted by Gasteiger charge is 2.35. The van der Waals surface area contributed by atoms with Crippen molar-refractivity contribution in [3.05, 3.63) is 17.5 Å². The van der Waals surface area contributed by atoms with Crippen LogP contribution in [-0.2, 0) is 16.6 Å². The highest BCUT2D eigenvalue weighted by atomic mass is 32.2. The molecule has 6 nitrogen and oxygen atoms in total. The second-order valence-corrected chi connectivity index (χ2v) is 5.69. The van der Waals surface area contributed by atoms with Gasteiger partial charge in [0.2, 0.25) is 10.0 Å². The fraction of sp³-hybridized carbons (Fsp3) is 0.625. The average molecular weight is 231 g/mol. The molecule has 1 aliphatic rings. The number of rotatable bonds is 3. The highest BCUT2D eigenvalue weighted by molar-refractivity contribution is 7.89. The molecule has 2 rings (SSSR count). The van der Waals surface area contributed by atoms with E-state index in [2.05, 4.69) is 5.16 Å². The van der Waals surface area contributed by atoms with Gasteiger partial charge in [-0.15, -0.1) is 0 Å². The van der Waals surface area contributed by atoms with Gasteiger partial charge in [-0.05, 0) is 6.92 Å². The van der Waals surface area contributed by atoms with Gasteiger partial charge in [-0.1, -0.05) is 5.16 Å². The van der Waals surface area contributed by atoms with Crippen LogP contribution in [0.2, 0.25) is 0 Å². The van der Waals surface area contributed by atoms with E-state index in [1.54, 1.807) is 6.26 Å². The van der Waals surface area contributed by atoms with E-state index in [9.17, 15) is 8.42 Å². The van der Waals surface area contributed by atoms with Gasteiger partial charge in [0, 0.05) is 25.2 Å². The molecule has 15 heavy (non-hydrogen) atoms. The number of likely N-dealkylation sites (tertiary alicyclic amines) is 1. The average Bonchev–Trinajstić information content (AvgIpc) is 2.40. The van der Waals surface area contributed by atoms with Crippen LogP contribution in [0.1, 0.15) is 11.3 Å². The lowest BCUT2D eigenvalue weighted by atomic mass is 10.2. The van der Waals surface area contributed by atoms with E-state index in [0.717, 1.165) is 11.3 Å². The van der Waals surface area contributed by atoms with Crippen molar-refractivity contribution in [1.82, 2.24) is 10.1 Å². The summed E-state index contributed by atoms with van der Waals surface area (Å²) >= 11 is 0. The molecular formula is C8H13N3O3S. The van der Waals surface area contributed by atoms with Crippen LogP contribution < -0.4 is 5.14 Å². The summed E-state index contributed by atoms with van der Waals surface area (Å²) in [5.74, 6) is 0. The van der Waals surface area contributed by atoms with Gasteiger partial charge >= 0.3 is 0 Å². The number of aryl methyl sites for hydroxylation is 1. The van der Waals surface area contributed by atoms with Crippen LogP contribution in [0.15, 0.2) is 10.8 Å². The molecule has 2 heterocycles. The third-order valence-corrected chi connectivity index (χ3v) is 3.84. The molecule has 0 saturated carbocycles. The van der Waals surface area contributed by atoms with Crippen LogP contribution in [-0.4, -0.2) is 36.8 Å². The van der Waals surface area contributed by atoms with E-state index < -0.39 is 15.3 Å². The van der Waals surface area contributed by atoms with Crippen molar-refractivity contribution in [2.24, 2.45) is 5.14 Å². The number of nitrogens with zero attached hydrogens (tertiary/aromatic N) is 2. The standard InChI is InChI=1S/C8H13N3O3S/c1-6-5-14-10-8(6)4-11-2-7(3-11)15(9,12)13/h5,7H,2-4H2,1H3,(H2,9,12,13). The Morgan fingerprint density at radius 1 is 1.67 bits per heavy atom. The maximum absolute atomic E-state index is 10.9. The Morgan fingerprint density at radius 2 is 2.33 bits per heavy atom. The molecule has 0 aliphatic carbocycles. The number of aromatic nitrogens is 1. The first-order valence-electron chi connectivity index (χ1n) is 4.60. The molecule has 0 radical (unpaired) electrons. The van der Waals surface area contributed by atoms with Crippen molar-refractivity contribution >= 4 is 10.0 Å². The fourth-order valence-electron chi connectivity index (χ4n) is 1.53. The molecule has 0 bridgehead atoms. The SMILES string of the molecule is Cc1conc1CN1CC(S(N)(=O)=O)C1. The summed E-state index contributed by atoms with van der Waals surface area (Å²) in [7, 11) is -3.37. The molecule has 0 aromatic carbocycles. The van der Waals surface area contributed by atoms with Gasteiger partial charge < -0.3 is 4.52 Å². The molecule has 1 saturated heterocycles. The summed E-state index contributed by atoms with van der Waals surface area (Å²) in [6, 6.07) is 0. The quantitative estimate of drug-likeness (QED) is 0.754. The lowest BCUT2D eigenvalue weighted by molar-refractivity contribution is 0.171. The highest BCUT2D eigenvalue weighted by Crippen LogP contribution is 2.18. The number of hydrogen-bond acceptors (Lipinski definition) is 5. The molecule has 0 spiro atoms. The van der Waals surface area contributed by atoms with E-state index in [4.69, 9.17) is 9.66 Å². The zero-order chi connectivity index (χ0) is 11.1. The van der Waals surface area contributed by atoms with E-state index in [0.29, 0.717) is 19.6 Å². The predicted molar refractivity (Wildman–Crippen MR) is 53.4 cm³/mol. The van der Waals surface area contributed by atoms with E-state index in [1.807, 2.05) is 11.8 Å². The molecule has 0 unspecified atom stereocenters. The van der Waals surface area contributed by atoms with Crippen LogP contribution >= 0.6 is 0 Å². The van der Waals surface area contributed by atoms with E-state index in [1.165, 1.54) is 0 Å². The number of primary sulfonamides is 1. The third kappa shape index (κ3) is 2.19. The van der Waals surface area contributed by atoms with Gasteiger partial charge in [0.1, 0.15) is 17.2 Å². The Morgan fingerprint density at radius 3 is 2.80 bits per heavy atom. The van der Waals surface area contributed by atoms with Crippen molar-refractivity contribution < 1.29 is 12.9 Å². The van der Waals surface area contributed by atoms with Gasteiger partial charge in [0.05, 0.1) is 0 Å².